The Morgan fingerprint density at radius 3 is 2.42 bits per heavy atom. The van der Waals surface area contributed by atoms with Gasteiger partial charge in [0, 0.05) is 0 Å². The Bertz CT molecular complexity index is 301. The first-order chi connectivity index (χ1) is 5.75. The van der Waals surface area contributed by atoms with Gasteiger partial charge in [0.05, 0.1) is 5.71 Å². The van der Waals surface area contributed by atoms with Gasteiger partial charge < -0.3 is 5.21 Å². The summed E-state index contributed by atoms with van der Waals surface area (Å²) in [6.45, 7) is 5.52. The number of benzene rings is 1. The largest absolute Gasteiger partial charge is 0.411 e. The fourth-order valence-corrected chi connectivity index (χ4v) is 0.909. The van der Waals surface area contributed by atoms with Crippen LogP contribution in [0.15, 0.2) is 42.1 Å². The lowest BCUT2D eigenvalue weighted by Gasteiger charge is -2.02. The van der Waals surface area contributed by atoms with Crippen LogP contribution >= 0.6 is 0 Å². The maximum Gasteiger partial charge on any atom is 0.0836 e. The van der Waals surface area contributed by atoms with Crippen molar-refractivity contribution >= 4 is 11.3 Å². The second-order valence-corrected chi connectivity index (χ2v) is 2.53. The number of allylic oxidation sites excluding steroid dienone is 1. The molecule has 2 heteroatoms. The van der Waals surface area contributed by atoms with E-state index in [9.17, 15) is 0 Å². The fourth-order valence-electron chi connectivity index (χ4n) is 0.909. The van der Waals surface area contributed by atoms with Crippen LogP contribution in [-0.4, -0.2) is 10.9 Å². The SMILES string of the molecule is C=C(/C(C)=N/O)c1ccccc1. The first-order valence-electron chi connectivity index (χ1n) is 3.69. The van der Waals surface area contributed by atoms with Crippen molar-refractivity contribution in [1.29, 1.82) is 0 Å². The summed E-state index contributed by atoms with van der Waals surface area (Å²) < 4.78 is 0. The van der Waals surface area contributed by atoms with Crippen LogP contribution in [0.4, 0.5) is 0 Å². The second kappa shape index (κ2) is 3.72. The van der Waals surface area contributed by atoms with Crippen LogP contribution in [0.1, 0.15) is 12.5 Å². The van der Waals surface area contributed by atoms with E-state index in [1.54, 1.807) is 6.92 Å². The van der Waals surface area contributed by atoms with Crippen molar-refractivity contribution in [3.05, 3.63) is 42.5 Å². The Balaban J connectivity index is 2.94. The van der Waals surface area contributed by atoms with Crippen molar-refractivity contribution in [2.24, 2.45) is 5.16 Å². The van der Waals surface area contributed by atoms with Gasteiger partial charge in [0.15, 0.2) is 0 Å². The third kappa shape index (κ3) is 1.72. The van der Waals surface area contributed by atoms with Crippen LogP contribution in [0.2, 0.25) is 0 Å². The Hall–Kier alpha value is -1.57. The lowest BCUT2D eigenvalue weighted by molar-refractivity contribution is 0.319. The molecular formula is C10H11NO. The summed E-state index contributed by atoms with van der Waals surface area (Å²) in [4.78, 5) is 0. The molecule has 1 aromatic rings. The van der Waals surface area contributed by atoms with Crippen LogP contribution < -0.4 is 0 Å². The first kappa shape index (κ1) is 8.53. The van der Waals surface area contributed by atoms with E-state index >= 15 is 0 Å². The number of oxime groups is 1. The Kier molecular flexibility index (Phi) is 2.64. The number of hydrogen-bond acceptors (Lipinski definition) is 2. The van der Waals surface area contributed by atoms with Crippen LogP contribution in [0.3, 0.4) is 0 Å². The van der Waals surface area contributed by atoms with Crippen LogP contribution in [0, 0.1) is 0 Å². The third-order valence-electron chi connectivity index (χ3n) is 1.71. The van der Waals surface area contributed by atoms with Gasteiger partial charge in [-0.15, -0.1) is 0 Å². The molecule has 62 valence electrons. The molecule has 0 fully saturated rings. The van der Waals surface area contributed by atoms with E-state index in [1.807, 2.05) is 30.3 Å². The molecule has 0 aromatic heterocycles. The van der Waals surface area contributed by atoms with Gasteiger partial charge in [-0.2, -0.15) is 0 Å². The summed E-state index contributed by atoms with van der Waals surface area (Å²) in [7, 11) is 0. The molecule has 0 aliphatic heterocycles. The van der Waals surface area contributed by atoms with Crippen molar-refractivity contribution in [1.82, 2.24) is 0 Å². The summed E-state index contributed by atoms with van der Waals surface area (Å²) >= 11 is 0. The molecule has 1 N–H and O–H groups in total. The lowest BCUT2D eigenvalue weighted by atomic mass is 10.0. The average molecular weight is 161 g/mol. The van der Waals surface area contributed by atoms with Gasteiger partial charge in [0.2, 0.25) is 0 Å². The van der Waals surface area contributed by atoms with E-state index in [1.165, 1.54) is 0 Å². The van der Waals surface area contributed by atoms with Crippen LogP contribution in [0.25, 0.3) is 5.57 Å². The average Bonchev–Trinajstić information content (AvgIpc) is 2.17. The van der Waals surface area contributed by atoms with Crippen molar-refractivity contribution in [3.63, 3.8) is 0 Å². The molecule has 0 unspecified atom stereocenters. The molecule has 12 heavy (non-hydrogen) atoms. The highest BCUT2D eigenvalue weighted by Crippen LogP contribution is 2.12. The van der Waals surface area contributed by atoms with Gasteiger partial charge in [-0.05, 0) is 18.1 Å². The number of rotatable bonds is 2. The van der Waals surface area contributed by atoms with Gasteiger partial charge in [0.1, 0.15) is 0 Å². The molecule has 0 bridgehead atoms. The van der Waals surface area contributed by atoms with E-state index in [-0.39, 0.29) is 0 Å². The first-order valence-corrected chi connectivity index (χ1v) is 3.69. The summed E-state index contributed by atoms with van der Waals surface area (Å²) in [6.07, 6.45) is 0. The molecule has 0 atom stereocenters. The van der Waals surface area contributed by atoms with Gasteiger partial charge in [-0.3, -0.25) is 0 Å². The minimum absolute atomic E-state index is 0.543. The van der Waals surface area contributed by atoms with E-state index in [2.05, 4.69) is 11.7 Å². The smallest absolute Gasteiger partial charge is 0.0836 e. The highest BCUT2D eigenvalue weighted by molar-refractivity contribution is 6.21. The number of nitrogens with zero attached hydrogens (tertiary/aromatic N) is 1. The normalized spacial score (nSPS) is 11.2. The molecule has 0 saturated heterocycles. The van der Waals surface area contributed by atoms with Gasteiger partial charge in [-0.25, -0.2) is 0 Å². The quantitative estimate of drug-likeness (QED) is 0.403. The minimum atomic E-state index is 0.543. The molecular weight excluding hydrogens is 150 g/mol. The minimum Gasteiger partial charge on any atom is -0.411 e. The summed E-state index contributed by atoms with van der Waals surface area (Å²) in [5, 5.41) is 11.6. The molecule has 0 radical (unpaired) electrons. The second-order valence-electron chi connectivity index (χ2n) is 2.53. The lowest BCUT2D eigenvalue weighted by Crippen LogP contribution is -1.94. The molecule has 1 rings (SSSR count). The highest BCUT2D eigenvalue weighted by atomic mass is 16.4. The molecule has 0 spiro atoms. The fraction of sp³-hybridized carbons (Fsp3) is 0.100. The predicted octanol–water partition coefficient (Wildman–Crippen LogP) is 2.55. The van der Waals surface area contributed by atoms with Crippen molar-refractivity contribution in [2.75, 3.05) is 0 Å². The molecule has 0 aliphatic rings. The number of hydrogen-bond donors (Lipinski definition) is 1. The van der Waals surface area contributed by atoms with Crippen LogP contribution in [0.5, 0.6) is 0 Å². The zero-order chi connectivity index (χ0) is 8.97. The Labute approximate surface area is 71.8 Å². The van der Waals surface area contributed by atoms with Gasteiger partial charge in [-0.1, -0.05) is 42.1 Å². The Morgan fingerprint density at radius 1 is 1.33 bits per heavy atom. The van der Waals surface area contributed by atoms with Crippen molar-refractivity contribution < 1.29 is 5.21 Å². The van der Waals surface area contributed by atoms with Gasteiger partial charge >= 0.3 is 0 Å². The third-order valence-corrected chi connectivity index (χ3v) is 1.71. The van der Waals surface area contributed by atoms with E-state index in [4.69, 9.17) is 5.21 Å². The maximum atomic E-state index is 8.49. The maximum absolute atomic E-state index is 8.49. The topological polar surface area (TPSA) is 32.6 Å². The predicted molar refractivity (Wildman–Crippen MR) is 50.4 cm³/mol. The van der Waals surface area contributed by atoms with E-state index < -0.39 is 0 Å². The monoisotopic (exact) mass is 161 g/mol. The van der Waals surface area contributed by atoms with E-state index in [0.717, 1.165) is 11.1 Å². The Morgan fingerprint density at radius 2 is 1.92 bits per heavy atom. The zero-order valence-electron chi connectivity index (χ0n) is 6.99. The summed E-state index contributed by atoms with van der Waals surface area (Å²) in [6, 6.07) is 9.63. The van der Waals surface area contributed by atoms with Crippen molar-refractivity contribution in [3.8, 4) is 0 Å². The summed E-state index contributed by atoms with van der Waals surface area (Å²) in [5.41, 5.74) is 2.27. The molecule has 1 aromatic carbocycles. The molecule has 0 aliphatic carbocycles. The van der Waals surface area contributed by atoms with Crippen LogP contribution in [-0.2, 0) is 0 Å². The van der Waals surface area contributed by atoms with E-state index in [0.29, 0.717) is 5.71 Å². The van der Waals surface area contributed by atoms with Gasteiger partial charge in [0.25, 0.3) is 0 Å². The summed E-state index contributed by atoms with van der Waals surface area (Å²) in [5.74, 6) is 0. The van der Waals surface area contributed by atoms with Crippen molar-refractivity contribution in [2.45, 2.75) is 6.92 Å². The highest BCUT2D eigenvalue weighted by Gasteiger charge is 2.00. The zero-order valence-corrected chi connectivity index (χ0v) is 6.99. The molecule has 0 heterocycles. The molecule has 0 saturated carbocycles. The molecule has 0 amide bonds. The standard InChI is InChI=1S/C10H11NO/c1-8(9(2)11-12)10-6-4-3-5-7-10/h3-7,12H,1H2,2H3/b11-9+. The molecule has 2 nitrogen and oxygen atoms in total.